The molecular weight excluding hydrogens is 907 g/mol. The summed E-state index contributed by atoms with van der Waals surface area (Å²) in [6.45, 7) is 2.82. The average molecular weight is 1020 g/mol. The van der Waals surface area contributed by atoms with Gasteiger partial charge in [0, 0.05) is 6.42 Å². The zero-order valence-corrected chi connectivity index (χ0v) is 45.0. The van der Waals surface area contributed by atoms with Crippen molar-refractivity contribution < 1.29 is 64.6 Å². The molecule has 0 radical (unpaired) electrons. The van der Waals surface area contributed by atoms with Crippen molar-refractivity contribution in [2.75, 3.05) is 19.8 Å². The quantitative estimate of drug-likeness (QED) is 0.0205. The molecule has 0 bridgehead atoms. The number of rotatable bonds is 47. The molecule has 2 rings (SSSR count). The molecule has 71 heavy (non-hydrogen) atoms. The highest BCUT2D eigenvalue weighted by Gasteiger charge is 2.51. The Bertz CT molecular complexity index is 1240. The van der Waals surface area contributed by atoms with E-state index in [0.717, 1.165) is 38.5 Å². The Balaban J connectivity index is 1.77. The van der Waals surface area contributed by atoms with Crippen LogP contribution >= 0.6 is 0 Å². The molecular formula is C57H109NO13. The Kier molecular flexibility index (Phi) is 40.7. The van der Waals surface area contributed by atoms with Crippen molar-refractivity contribution in [3.05, 3.63) is 12.2 Å². The second-order valence-corrected chi connectivity index (χ2v) is 21.1. The van der Waals surface area contributed by atoms with Crippen molar-refractivity contribution in [2.45, 2.75) is 325 Å². The second kappa shape index (κ2) is 43.9. The number of hydrogen-bond acceptors (Lipinski definition) is 13. The molecule has 12 atom stereocenters. The minimum Gasteiger partial charge on any atom is -0.394 e. The third-order valence-electron chi connectivity index (χ3n) is 14.7. The van der Waals surface area contributed by atoms with Crippen LogP contribution in [0.25, 0.3) is 0 Å². The van der Waals surface area contributed by atoms with Crippen molar-refractivity contribution in [3.8, 4) is 0 Å². The van der Waals surface area contributed by atoms with Gasteiger partial charge in [0.2, 0.25) is 5.91 Å². The van der Waals surface area contributed by atoms with Gasteiger partial charge < -0.3 is 65.1 Å². The van der Waals surface area contributed by atoms with Crippen LogP contribution in [0.1, 0.15) is 251 Å². The SMILES string of the molecule is CCCCCCCCCCCCCCCC/C=C/[C@@H](O)[C@H](CO[C@@H]1O[C@H](CO)[C@@H](O[C@@H]2O[C@H](CO)[C@H](O)C(O)C2O)C(O)C1O)NC(=O)CCCCCCCCCCCCCCCCCCCCCCC. The van der Waals surface area contributed by atoms with E-state index in [0.29, 0.717) is 6.42 Å². The number of nitrogens with one attached hydrogen (secondary N) is 1. The number of amides is 1. The lowest BCUT2D eigenvalue weighted by molar-refractivity contribution is -0.359. The highest BCUT2D eigenvalue weighted by Crippen LogP contribution is 2.30. The zero-order chi connectivity index (χ0) is 51.7. The van der Waals surface area contributed by atoms with Crippen LogP contribution in [-0.2, 0) is 23.7 Å². The lowest BCUT2D eigenvalue weighted by Gasteiger charge is -2.46. The monoisotopic (exact) mass is 1020 g/mol. The fourth-order valence-corrected chi connectivity index (χ4v) is 9.94. The van der Waals surface area contributed by atoms with E-state index in [1.165, 1.54) is 186 Å². The molecule has 2 heterocycles. The Hall–Kier alpha value is -1.27. The summed E-state index contributed by atoms with van der Waals surface area (Å²) >= 11 is 0. The Morgan fingerprint density at radius 1 is 0.493 bits per heavy atom. The van der Waals surface area contributed by atoms with Gasteiger partial charge >= 0.3 is 0 Å². The number of carbonyl (C=O) groups excluding carboxylic acids is 1. The summed E-state index contributed by atoms with van der Waals surface area (Å²) in [7, 11) is 0. The summed E-state index contributed by atoms with van der Waals surface area (Å²) in [5.41, 5.74) is 0. The molecule has 420 valence electrons. The third-order valence-corrected chi connectivity index (χ3v) is 14.7. The minimum absolute atomic E-state index is 0.234. The van der Waals surface area contributed by atoms with Gasteiger partial charge in [0.1, 0.15) is 48.8 Å². The molecule has 2 fully saturated rings. The van der Waals surface area contributed by atoms with Crippen LogP contribution in [0.15, 0.2) is 12.2 Å². The normalized spacial score (nSPS) is 25.8. The number of ether oxygens (including phenoxy) is 4. The number of aliphatic hydroxyl groups is 8. The highest BCUT2D eigenvalue weighted by atomic mass is 16.7. The Labute approximate surface area is 431 Å². The van der Waals surface area contributed by atoms with Crippen LogP contribution in [0.4, 0.5) is 0 Å². The van der Waals surface area contributed by atoms with Gasteiger partial charge in [-0.1, -0.05) is 238 Å². The van der Waals surface area contributed by atoms with Gasteiger partial charge in [-0.25, -0.2) is 0 Å². The molecule has 0 aromatic rings. The van der Waals surface area contributed by atoms with Crippen molar-refractivity contribution in [1.82, 2.24) is 5.32 Å². The van der Waals surface area contributed by atoms with E-state index >= 15 is 0 Å². The molecule has 0 spiro atoms. The highest BCUT2D eigenvalue weighted by molar-refractivity contribution is 5.76. The molecule has 2 aliphatic rings. The Morgan fingerprint density at radius 2 is 0.873 bits per heavy atom. The van der Waals surface area contributed by atoms with Crippen LogP contribution in [0.2, 0.25) is 0 Å². The lowest BCUT2D eigenvalue weighted by atomic mass is 9.97. The van der Waals surface area contributed by atoms with Crippen LogP contribution in [0.3, 0.4) is 0 Å². The van der Waals surface area contributed by atoms with Crippen molar-refractivity contribution >= 4 is 5.91 Å². The zero-order valence-electron chi connectivity index (χ0n) is 45.0. The minimum atomic E-state index is -1.78. The van der Waals surface area contributed by atoms with Gasteiger partial charge in [-0.15, -0.1) is 0 Å². The maximum absolute atomic E-state index is 13.2. The predicted molar refractivity (Wildman–Crippen MR) is 282 cm³/mol. The van der Waals surface area contributed by atoms with Gasteiger partial charge in [-0.2, -0.15) is 0 Å². The number of unbranched alkanes of at least 4 members (excludes halogenated alkanes) is 34. The van der Waals surface area contributed by atoms with Gasteiger partial charge in [0.05, 0.1) is 32.0 Å². The van der Waals surface area contributed by atoms with Crippen LogP contribution < -0.4 is 5.32 Å². The van der Waals surface area contributed by atoms with Crippen molar-refractivity contribution in [2.24, 2.45) is 0 Å². The predicted octanol–water partition coefficient (Wildman–Crippen LogP) is 9.50. The van der Waals surface area contributed by atoms with E-state index in [-0.39, 0.29) is 18.9 Å². The number of hydrogen-bond donors (Lipinski definition) is 9. The lowest BCUT2D eigenvalue weighted by Crippen LogP contribution is -2.65. The van der Waals surface area contributed by atoms with Crippen LogP contribution in [-0.4, -0.2) is 140 Å². The van der Waals surface area contributed by atoms with Gasteiger partial charge in [-0.3, -0.25) is 4.79 Å². The summed E-state index contributed by atoms with van der Waals surface area (Å²) in [5, 5.41) is 87.0. The molecule has 4 unspecified atom stereocenters. The van der Waals surface area contributed by atoms with E-state index in [1.54, 1.807) is 6.08 Å². The van der Waals surface area contributed by atoms with E-state index in [4.69, 9.17) is 18.9 Å². The Morgan fingerprint density at radius 3 is 1.30 bits per heavy atom. The first-order valence-corrected chi connectivity index (χ1v) is 29.4. The molecule has 0 saturated carbocycles. The fraction of sp³-hybridized carbons (Fsp3) is 0.947. The molecule has 2 saturated heterocycles. The molecule has 0 aliphatic carbocycles. The van der Waals surface area contributed by atoms with Gasteiger partial charge in [-0.05, 0) is 19.3 Å². The maximum Gasteiger partial charge on any atom is 0.220 e. The average Bonchev–Trinajstić information content (AvgIpc) is 3.37. The van der Waals surface area contributed by atoms with E-state index in [2.05, 4.69) is 19.2 Å². The topological polar surface area (TPSA) is 228 Å². The van der Waals surface area contributed by atoms with Crippen molar-refractivity contribution in [1.29, 1.82) is 0 Å². The van der Waals surface area contributed by atoms with E-state index in [1.807, 2.05) is 6.08 Å². The molecule has 1 amide bonds. The first-order chi connectivity index (χ1) is 34.6. The molecule has 2 aliphatic heterocycles. The summed E-state index contributed by atoms with van der Waals surface area (Å²) in [5.74, 6) is -0.234. The molecule has 0 aromatic carbocycles. The van der Waals surface area contributed by atoms with Crippen LogP contribution in [0, 0.1) is 0 Å². The third kappa shape index (κ3) is 30.2. The largest absolute Gasteiger partial charge is 0.394 e. The van der Waals surface area contributed by atoms with Crippen LogP contribution in [0.5, 0.6) is 0 Å². The number of allylic oxidation sites excluding steroid dienone is 1. The summed E-state index contributed by atoms with van der Waals surface area (Å²) in [6.07, 6.45) is 32.5. The number of carbonyl (C=O) groups is 1. The molecule has 14 heteroatoms. The van der Waals surface area contributed by atoms with Crippen molar-refractivity contribution in [3.63, 3.8) is 0 Å². The molecule has 0 aromatic heterocycles. The van der Waals surface area contributed by atoms with E-state index < -0.39 is 86.8 Å². The summed E-state index contributed by atoms with van der Waals surface area (Å²) in [4.78, 5) is 13.2. The first kappa shape index (κ1) is 65.8. The maximum atomic E-state index is 13.2. The molecule has 9 N–H and O–H groups in total. The standard InChI is InChI=1S/C57H109NO13/c1-3-5-7-9-11-13-15-17-19-21-22-23-24-25-27-29-31-33-35-37-39-41-49(62)58-45(46(61)40-38-36-34-32-30-28-26-20-18-16-14-12-10-8-6-4-2)44-68-56-54(67)52(65)55(48(43-60)70-56)71-57-53(66)51(64)50(63)47(42-59)69-57/h38,40,45-48,50-57,59-61,63-67H,3-37,39,41-44H2,1-2H3,(H,58,62)/b40-38+/t45-,46+,47+,48+,50-,51?,52?,53?,54?,55+,56+,57-/m0/s1. The second-order valence-electron chi connectivity index (χ2n) is 21.1. The summed E-state index contributed by atoms with van der Waals surface area (Å²) in [6, 6.07) is -0.909. The fourth-order valence-electron chi connectivity index (χ4n) is 9.94. The van der Waals surface area contributed by atoms with Gasteiger partial charge in [0.25, 0.3) is 0 Å². The van der Waals surface area contributed by atoms with Gasteiger partial charge in [0.15, 0.2) is 12.6 Å². The summed E-state index contributed by atoms with van der Waals surface area (Å²) < 4.78 is 22.8. The van der Waals surface area contributed by atoms with E-state index in [9.17, 15) is 45.6 Å². The molecule has 14 nitrogen and oxygen atoms in total. The smallest absolute Gasteiger partial charge is 0.220 e. The first-order valence-electron chi connectivity index (χ1n) is 29.4. The number of aliphatic hydroxyl groups excluding tert-OH is 8.